The number of aromatic nitrogens is 3. The van der Waals surface area contributed by atoms with Crippen molar-refractivity contribution in [1.29, 1.82) is 0 Å². The number of anilines is 1. The van der Waals surface area contributed by atoms with E-state index in [-0.39, 0.29) is 24.4 Å². The Bertz CT molecular complexity index is 1190. The van der Waals surface area contributed by atoms with Gasteiger partial charge in [0.2, 0.25) is 5.91 Å². The summed E-state index contributed by atoms with van der Waals surface area (Å²) in [7, 11) is 0. The molecule has 4 aromatic rings. The lowest BCUT2D eigenvalue weighted by atomic mass is 10.2. The van der Waals surface area contributed by atoms with E-state index in [1.807, 2.05) is 42.6 Å². The summed E-state index contributed by atoms with van der Waals surface area (Å²) in [5.74, 6) is -0.135. The molecule has 0 unspecified atom stereocenters. The number of fused-ring (bicyclic) bond motifs is 2. The summed E-state index contributed by atoms with van der Waals surface area (Å²) < 4.78 is 3.63. The molecule has 6 heteroatoms. The molecule has 2 aromatic carbocycles. The second-order valence-corrected chi connectivity index (χ2v) is 6.43. The van der Waals surface area contributed by atoms with E-state index in [2.05, 4.69) is 21.8 Å². The number of carbonyl (C=O) groups is 1. The van der Waals surface area contributed by atoms with Crippen molar-refractivity contribution < 1.29 is 4.79 Å². The lowest BCUT2D eigenvalue weighted by Crippen LogP contribution is -2.23. The molecule has 136 valence electrons. The molecule has 6 nitrogen and oxygen atoms in total. The Morgan fingerprint density at radius 2 is 1.96 bits per heavy atom. The minimum atomic E-state index is -0.135. The maximum absolute atomic E-state index is 12.5. The molecule has 0 aliphatic rings. The lowest BCUT2D eigenvalue weighted by Gasteiger charge is -2.08. The van der Waals surface area contributed by atoms with Gasteiger partial charge in [0.15, 0.2) is 0 Å². The third kappa shape index (κ3) is 3.33. The maximum atomic E-state index is 12.5. The van der Waals surface area contributed by atoms with Crippen LogP contribution < -0.4 is 10.9 Å². The number of aryl methyl sites for hydroxylation is 2. The normalized spacial score (nSPS) is 11.1. The van der Waals surface area contributed by atoms with Gasteiger partial charge in [0.05, 0.1) is 17.2 Å². The molecule has 0 aliphatic heterocycles. The molecule has 1 N–H and O–H groups in total. The second kappa shape index (κ2) is 7.07. The van der Waals surface area contributed by atoms with Crippen LogP contribution in [0.15, 0.2) is 65.8 Å². The van der Waals surface area contributed by atoms with Gasteiger partial charge in [-0.3, -0.25) is 14.2 Å². The van der Waals surface area contributed by atoms with Crippen molar-refractivity contribution in [3.05, 3.63) is 71.4 Å². The minimum absolute atomic E-state index is 0.129. The molecular weight excluding hydrogens is 340 g/mol. The van der Waals surface area contributed by atoms with Gasteiger partial charge in [0, 0.05) is 42.3 Å². The highest BCUT2D eigenvalue weighted by atomic mass is 16.1. The number of amides is 1. The first-order chi connectivity index (χ1) is 13.2. The second-order valence-electron chi connectivity index (χ2n) is 6.43. The van der Waals surface area contributed by atoms with Crippen LogP contribution in [-0.2, 0) is 17.9 Å². The van der Waals surface area contributed by atoms with Crippen LogP contribution in [0.1, 0.15) is 13.3 Å². The molecule has 0 spiro atoms. The molecule has 1 amide bonds. The Kier molecular flexibility index (Phi) is 4.46. The van der Waals surface area contributed by atoms with Crippen LogP contribution in [0.25, 0.3) is 21.8 Å². The molecule has 0 radical (unpaired) electrons. The van der Waals surface area contributed by atoms with Crippen molar-refractivity contribution in [2.75, 3.05) is 5.32 Å². The topological polar surface area (TPSA) is 68.9 Å². The van der Waals surface area contributed by atoms with Gasteiger partial charge in [0.25, 0.3) is 5.56 Å². The number of nitrogens with zero attached hydrogens (tertiary/aromatic N) is 3. The van der Waals surface area contributed by atoms with Crippen molar-refractivity contribution in [2.24, 2.45) is 0 Å². The van der Waals surface area contributed by atoms with Gasteiger partial charge in [-0.1, -0.05) is 12.1 Å². The Morgan fingerprint density at radius 1 is 1.11 bits per heavy atom. The third-order valence-corrected chi connectivity index (χ3v) is 4.71. The SMILES string of the molecule is CCn1ccc2cc(NC(=O)CCn3cnc4ccccc4c3=O)ccc21. The fourth-order valence-corrected chi connectivity index (χ4v) is 3.26. The molecule has 0 saturated carbocycles. The van der Waals surface area contributed by atoms with Crippen molar-refractivity contribution in [3.8, 4) is 0 Å². The smallest absolute Gasteiger partial charge is 0.261 e. The summed E-state index contributed by atoms with van der Waals surface area (Å²) in [6, 6.07) is 15.1. The predicted molar refractivity (Wildman–Crippen MR) is 107 cm³/mol. The van der Waals surface area contributed by atoms with Crippen molar-refractivity contribution in [1.82, 2.24) is 14.1 Å². The number of nitrogens with one attached hydrogen (secondary N) is 1. The Labute approximate surface area is 156 Å². The van der Waals surface area contributed by atoms with E-state index in [4.69, 9.17) is 0 Å². The van der Waals surface area contributed by atoms with E-state index in [0.29, 0.717) is 10.9 Å². The van der Waals surface area contributed by atoms with E-state index in [9.17, 15) is 9.59 Å². The summed E-state index contributed by atoms with van der Waals surface area (Å²) in [6.45, 7) is 3.29. The number of hydrogen-bond acceptors (Lipinski definition) is 3. The van der Waals surface area contributed by atoms with E-state index in [1.165, 1.54) is 10.9 Å². The van der Waals surface area contributed by atoms with Gasteiger partial charge in [-0.25, -0.2) is 4.98 Å². The first kappa shape index (κ1) is 17.0. The number of benzene rings is 2. The standard InChI is InChI=1S/C21H20N4O2/c1-2-24-11-9-15-13-16(7-8-19(15)24)23-20(26)10-12-25-14-22-18-6-4-3-5-17(18)21(25)27/h3-9,11,13-14H,2,10,12H2,1H3,(H,23,26). The zero-order valence-corrected chi connectivity index (χ0v) is 15.1. The fourth-order valence-electron chi connectivity index (χ4n) is 3.26. The highest BCUT2D eigenvalue weighted by molar-refractivity contribution is 5.93. The summed E-state index contributed by atoms with van der Waals surface area (Å²) in [6.07, 6.45) is 3.74. The molecular formula is C21H20N4O2. The van der Waals surface area contributed by atoms with Crippen LogP contribution >= 0.6 is 0 Å². The first-order valence-electron chi connectivity index (χ1n) is 8.98. The average Bonchev–Trinajstić information content (AvgIpc) is 3.10. The zero-order chi connectivity index (χ0) is 18.8. The van der Waals surface area contributed by atoms with Gasteiger partial charge in [-0.05, 0) is 43.3 Å². The molecule has 2 aromatic heterocycles. The van der Waals surface area contributed by atoms with Crippen LogP contribution in [-0.4, -0.2) is 20.0 Å². The van der Waals surface area contributed by atoms with E-state index < -0.39 is 0 Å². The average molecular weight is 360 g/mol. The van der Waals surface area contributed by atoms with E-state index >= 15 is 0 Å². The van der Waals surface area contributed by atoms with Crippen molar-refractivity contribution in [3.63, 3.8) is 0 Å². The highest BCUT2D eigenvalue weighted by Gasteiger charge is 2.08. The van der Waals surface area contributed by atoms with Crippen LogP contribution in [0.5, 0.6) is 0 Å². The fraction of sp³-hybridized carbons (Fsp3) is 0.190. The molecule has 0 atom stereocenters. The molecule has 0 bridgehead atoms. The summed E-state index contributed by atoms with van der Waals surface area (Å²) in [4.78, 5) is 29.0. The first-order valence-corrected chi connectivity index (χ1v) is 8.98. The number of carbonyl (C=O) groups excluding carboxylic acids is 1. The monoisotopic (exact) mass is 360 g/mol. The van der Waals surface area contributed by atoms with Crippen molar-refractivity contribution >= 4 is 33.4 Å². The third-order valence-electron chi connectivity index (χ3n) is 4.71. The molecule has 0 saturated heterocycles. The largest absolute Gasteiger partial charge is 0.348 e. The maximum Gasteiger partial charge on any atom is 0.261 e. The lowest BCUT2D eigenvalue weighted by molar-refractivity contribution is -0.116. The molecule has 4 rings (SSSR count). The van der Waals surface area contributed by atoms with E-state index in [0.717, 1.165) is 23.1 Å². The van der Waals surface area contributed by atoms with Crippen molar-refractivity contribution in [2.45, 2.75) is 26.4 Å². The zero-order valence-electron chi connectivity index (χ0n) is 15.1. The molecule has 2 heterocycles. The van der Waals surface area contributed by atoms with Crippen LogP contribution in [0.3, 0.4) is 0 Å². The summed E-state index contributed by atoms with van der Waals surface area (Å²) in [5.41, 5.74) is 2.43. The number of hydrogen-bond donors (Lipinski definition) is 1. The van der Waals surface area contributed by atoms with Crippen LogP contribution in [0.4, 0.5) is 5.69 Å². The van der Waals surface area contributed by atoms with Crippen LogP contribution in [0.2, 0.25) is 0 Å². The van der Waals surface area contributed by atoms with Gasteiger partial charge >= 0.3 is 0 Å². The van der Waals surface area contributed by atoms with E-state index in [1.54, 1.807) is 12.1 Å². The molecule has 27 heavy (non-hydrogen) atoms. The highest BCUT2D eigenvalue weighted by Crippen LogP contribution is 2.20. The molecule has 0 fully saturated rings. The predicted octanol–water partition coefficient (Wildman–Crippen LogP) is 3.40. The van der Waals surface area contributed by atoms with Gasteiger partial charge in [-0.2, -0.15) is 0 Å². The summed E-state index contributed by atoms with van der Waals surface area (Å²) in [5, 5.41) is 4.55. The van der Waals surface area contributed by atoms with Gasteiger partial charge in [0.1, 0.15) is 0 Å². The van der Waals surface area contributed by atoms with Gasteiger partial charge < -0.3 is 9.88 Å². The quantitative estimate of drug-likeness (QED) is 0.593. The van der Waals surface area contributed by atoms with Gasteiger partial charge in [-0.15, -0.1) is 0 Å². The summed E-state index contributed by atoms with van der Waals surface area (Å²) >= 11 is 0. The number of rotatable bonds is 5. The Hall–Kier alpha value is -3.41. The Morgan fingerprint density at radius 3 is 2.81 bits per heavy atom. The molecule has 0 aliphatic carbocycles. The minimum Gasteiger partial charge on any atom is -0.348 e. The van der Waals surface area contributed by atoms with Crippen LogP contribution in [0, 0.1) is 0 Å². The number of para-hydroxylation sites is 1. The Balaban J connectivity index is 1.45.